The van der Waals surface area contributed by atoms with E-state index in [4.69, 9.17) is 22.0 Å². The lowest BCUT2D eigenvalue weighted by Crippen LogP contribution is -2.38. The van der Waals surface area contributed by atoms with Crippen LogP contribution in [0, 0.1) is 12.3 Å². The molecule has 1 aliphatic carbocycles. The molecule has 3 heterocycles. The molecule has 1 saturated heterocycles. The second-order valence-corrected chi connectivity index (χ2v) is 8.85. The lowest BCUT2D eigenvalue weighted by molar-refractivity contribution is -0.126. The third-order valence-corrected chi connectivity index (χ3v) is 6.44. The number of ether oxygens (including phenoxy) is 1. The number of nitrogen functional groups attached to an aromatic ring is 1. The van der Waals surface area contributed by atoms with Gasteiger partial charge in [-0.3, -0.25) is 4.79 Å². The normalized spacial score (nSPS) is 20.4. The van der Waals surface area contributed by atoms with Crippen molar-refractivity contribution in [3.63, 3.8) is 0 Å². The van der Waals surface area contributed by atoms with Gasteiger partial charge in [0.15, 0.2) is 5.65 Å². The largest absolute Gasteiger partial charge is 0.483 e. The van der Waals surface area contributed by atoms with Crippen LogP contribution in [0.25, 0.3) is 22.3 Å². The lowest BCUT2D eigenvalue weighted by Gasteiger charge is -2.30. The van der Waals surface area contributed by atoms with Crippen LogP contribution in [-0.2, 0) is 4.79 Å². The SMILES string of the molecule is C#CC(=O)N1CCC(n2nc(-c3ccc(OC4(C)C=CC=CC4)cc3)c3c(N)ncnc32)CC1. The van der Waals surface area contributed by atoms with Gasteiger partial charge in [0.25, 0.3) is 5.91 Å². The number of nitrogens with two attached hydrogens (primary N) is 1. The third kappa shape index (κ3) is 4.01. The maximum atomic E-state index is 11.8. The van der Waals surface area contributed by atoms with Gasteiger partial charge in [0.1, 0.15) is 29.2 Å². The topological polar surface area (TPSA) is 99.2 Å². The summed E-state index contributed by atoms with van der Waals surface area (Å²) in [6, 6.07) is 7.94. The molecule has 0 saturated carbocycles. The zero-order valence-electron chi connectivity index (χ0n) is 19.0. The fourth-order valence-electron chi connectivity index (χ4n) is 4.59. The summed E-state index contributed by atoms with van der Waals surface area (Å²) in [4.78, 5) is 22.2. The Balaban J connectivity index is 1.44. The molecule has 1 atom stereocenters. The molecule has 8 heteroatoms. The van der Waals surface area contributed by atoms with Gasteiger partial charge in [-0.2, -0.15) is 5.10 Å². The number of nitrogens with zero attached hydrogens (tertiary/aromatic N) is 5. The number of carbonyl (C=O) groups is 1. The molecule has 34 heavy (non-hydrogen) atoms. The second kappa shape index (κ2) is 8.67. The molecule has 0 radical (unpaired) electrons. The van der Waals surface area contributed by atoms with Gasteiger partial charge < -0.3 is 15.4 Å². The highest BCUT2D eigenvalue weighted by atomic mass is 16.5. The Bertz CT molecular complexity index is 1330. The van der Waals surface area contributed by atoms with Crippen LogP contribution in [0.5, 0.6) is 5.75 Å². The summed E-state index contributed by atoms with van der Waals surface area (Å²) in [7, 11) is 0. The van der Waals surface area contributed by atoms with Gasteiger partial charge in [0.2, 0.25) is 0 Å². The summed E-state index contributed by atoms with van der Waals surface area (Å²) < 4.78 is 8.15. The van der Waals surface area contributed by atoms with Gasteiger partial charge >= 0.3 is 0 Å². The summed E-state index contributed by atoms with van der Waals surface area (Å²) >= 11 is 0. The number of terminal acetylenes is 1. The number of benzene rings is 1. The Hall–Kier alpha value is -4.12. The van der Waals surface area contributed by atoms with Crippen LogP contribution in [0.15, 0.2) is 54.9 Å². The molecule has 1 aromatic carbocycles. The van der Waals surface area contributed by atoms with Crippen LogP contribution < -0.4 is 10.5 Å². The van der Waals surface area contributed by atoms with E-state index in [1.807, 2.05) is 41.1 Å². The van der Waals surface area contributed by atoms with E-state index in [1.165, 1.54) is 6.33 Å². The number of likely N-dealkylation sites (tertiary alicyclic amines) is 1. The van der Waals surface area contributed by atoms with E-state index in [9.17, 15) is 4.79 Å². The van der Waals surface area contributed by atoms with Gasteiger partial charge in [-0.1, -0.05) is 18.2 Å². The average molecular weight is 455 g/mol. The first-order valence-electron chi connectivity index (χ1n) is 11.4. The minimum Gasteiger partial charge on any atom is -0.483 e. The van der Waals surface area contributed by atoms with Crippen molar-refractivity contribution in [3.05, 3.63) is 54.9 Å². The van der Waals surface area contributed by atoms with E-state index in [2.05, 4.69) is 35.0 Å². The average Bonchev–Trinajstić information content (AvgIpc) is 3.25. The fraction of sp³-hybridized carbons (Fsp3) is 0.308. The quantitative estimate of drug-likeness (QED) is 0.606. The summed E-state index contributed by atoms with van der Waals surface area (Å²) in [5.41, 5.74) is 8.23. The van der Waals surface area contributed by atoms with Crippen LogP contribution in [-0.4, -0.2) is 49.2 Å². The number of anilines is 1. The van der Waals surface area contributed by atoms with Crippen molar-refractivity contribution in [1.82, 2.24) is 24.6 Å². The van der Waals surface area contributed by atoms with Crippen LogP contribution in [0.4, 0.5) is 5.82 Å². The minimum atomic E-state index is -0.363. The molecule has 1 aliphatic heterocycles. The van der Waals surface area contributed by atoms with E-state index in [1.54, 1.807) is 4.90 Å². The number of aromatic nitrogens is 4. The fourth-order valence-corrected chi connectivity index (χ4v) is 4.59. The van der Waals surface area contributed by atoms with Crippen LogP contribution >= 0.6 is 0 Å². The van der Waals surface area contributed by atoms with Crippen molar-refractivity contribution in [2.75, 3.05) is 18.8 Å². The Morgan fingerprint density at radius 2 is 1.97 bits per heavy atom. The molecule has 1 fully saturated rings. The minimum absolute atomic E-state index is 0.0843. The zero-order chi connectivity index (χ0) is 23.7. The lowest BCUT2D eigenvalue weighted by atomic mass is 9.97. The van der Waals surface area contributed by atoms with E-state index in [-0.39, 0.29) is 17.6 Å². The Labute approximate surface area is 198 Å². The molecule has 2 aliphatic rings. The highest BCUT2D eigenvalue weighted by molar-refractivity contribution is 5.98. The van der Waals surface area contributed by atoms with Crippen molar-refractivity contribution in [1.29, 1.82) is 0 Å². The van der Waals surface area contributed by atoms with Crippen molar-refractivity contribution in [2.24, 2.45) is 0 Å². The highest BCUT2D eigenvalue weighted by Crippen LogP contribution is 2.35. The first-order valence-corrected chi connectivity index (χ1v) is 11.4. The Morgan fingerprint density at radius 3 is 2.65 bits per heavy atom. The summed E-state index contributed by atoms with van der Waals surface area (Å²) in [5.74, 6) is 3.09. The van der Waals surface area contributed by atoms with Crippen LogP contribution in [0.2, 0.25) is 0 Å². The summed E-state index contributed by atoms with van der Waals surface area (Å²) in [5, 5.41) is 5.65. The predicted molar refractivity (Wildman–Crippen MR) is 131 cm³/mol. The molecule has 172 valence electrons. The molecule has 8 nitrogen and oxygen atoms in total. The molecule has 2 N–H and O–H groups in total. The Kier molecular flexibility index (Phi) is 5.54. The molecule has 1 unspecified atom stereocenters. The van der Waals surface area contributed by atoms with E-state index >= 15 is 0 Å². The molecular formula is C26H26N6O2. The first kappa shape index (κ1) is 21.7. The second-order valence-electron chi connectivity index (χ2n) is 8.85. The summed E-state index contributed by atoms with van der Waals surface area (Å²) in [6.45, 7) is 3.23. The number of hydrogen-bond acceptors (Lipinski definition) is 6. The van der Waals surface area contributed by atoms with Crippen molar-refractivity contribution in [3.8, 4) is 29.4 Å². The number of fused-ring (bicyclic) bond motifs is 1. The standard InChI is InChI=1S/C26H26N6O2/c1-3-21(33)31-15-11-19(12-16-31)32-25-22(24(27)28-17-29-25)23(30-32)18-7-9-20(10-8-18)34-26(2)13-5-4-6-14-26/h1,4-10,13,17,19H,11-12,14-16H2,2H3,(H2,27,28,29). The molecule has 0 bridgehead atoms. The maximum absolute atomic E-state index is 11.8. The van der Waals surface area contributed by atoms with Gasteiger partial charge in [-0.25, -0.2) is 14.6 Å². The van der Waals surface area contributed by atoms with Gasteiger partial charge in [0, 0.05) is 25.1 Å². The molecule has 0 spiro atoms. The number of allylic oxidation sites excluding steroid dienone is 2. The molecule has 1 amide bonds. The molecular weight excluding hydrogens is 428 g/mol. The predicted octanol–water partition coefficient (Wildman–Crippen LogP) is 3.53. The van der Waals surface area contributed by atoms with E-state index in [0.717, 1.165) is 41.7 Å². The smallest absolute Gasteiger partial charge is 0.298 e. The van der Waals surface area contributed by atoms with Crippen molar-refractivity contribution < 1.29 is 9.53 Å². The number of piperidine rings is 1. The monoisotopic (exact) mass is 454 g/mol. The maximum Gasteiger partial charge on any atom is 0.298 e. The van der Waals surface area contributed by atoms with Crippen molar-refractivity contribution in [2.45, 2.75) is 37.8 Å². The van der Waals surface area contributed by atoms with Gasteiger partial charge in [-0.15, -0.1) is 6.42 Å². The van der Waals surface area contributed by atoms with Gasteiger partial charge in [-0.05, 0) is 56.0 Å². The van der Waals surface area contributed by atoms with Crippen LogP contribution in [0.1, 0.15) is 32.2 Å². The van der Waals surface area contributed by atoms with E-state index in [0.29, 0.717) is 24.6 Å². The molecule has 5 rings (SSSR count). The Morgan fingerprint density at radius 1 is 1.21 bits per heavy atom. The van der Waals surface area contributed by atoms with Gasteiger partial charge in [0.05, 0.1) is 11.4 Å². The van der Waals surface area contributed by atoms with Crippen molar-refractivity contribution >= 4 is 22.8 Å². The number of rotatable bonds is 4. The zero-order valence-corrected chi connectivity index (χ0v) is 19.0. The van der Waals surface area contributed by atoms with Crippen LogP contribution in [0.3, 0.4) is 0 Å². The van der Waals surface area contributed by atoms with E-state index < -0.39 is 0 Å². The highest BCUT2D eigenvalue weighted by Gasteiger charge is 2.28. The first-order chi connectivity index (χ1) is 16.5. The number of hydrogen-bond donors (Lipinski definition) is 1. The third-order valence-electron chi connectivity index (χ3n) is 6.44. The number of carbonyl (C=O) groups excluding carboxylic acids is 1. The number of amides is 1. The summed E-state index contributed by atoms with van der Waals surface area (Å²) in [6.07, 6.45) is 17.2. The molecule has 3 aromatic rings. The molecule has 2 aromatic heterocycles.